The van der Waals surface area contributed by atoms with Crippen LogP contribution in [-0.4, -0.2) is 18.1 Å². The van der Waals surface area contributed by atoms with Gasteiger partial charge in [-0.1, -0.05) is 6.07 Å². The number of hydrogen-bond donors (Lipinski definition) is 2. The average Bonchev–Trinajstić information content (AvgIpc) is 2.37. The third-order valence-corrected chi connectivity index (χ3v) is 2.45. The molecule has 0 amide bonds. The second kappa shape index (κ2) is 5.91. The van der Waals surface area contributed by atoms with E-state index in [0.29, 0.717) is 13.2 Å². The Labute approximate surface area is 107 Å². The maximum Gasteiger partial charge on any atom is 0.126 e. The lowest BCUT2D eigenvalue weighted by molar-refractivity contribution is 0.333. The van der Waals surface area contributed by atoms with Crippen LogP contribution in [0.4, 0.5) is 11.5 Å². The second-order valence-corrected chi connectivity index (χ2v) is 4.01. The van der Waals surface area contributed by atoms with E-state index in [-0.39, 0.29) is 0 Å². The van der Waals surface area contributed by atoms with Gasteiger partial charge in [-0.3, -0.25) is 0 Å². The van der Waals surface area contributed by atoms with E-state index in [0.717, 1.165) is 22.9 Å². The van der Waals surface area contributed by atoms with Gasteiger partial charge in [0.05, 0.1) is 6.54 Å². The zero-order valence-corrected chi connectivity index (χ0v) is 10.4. The summed E-state index contributed by atoms with van der Waals surface area (Å²) in [5.41, 5.74) is 7.34. The van der Waals surface area contributed by atoms with Crippen molar-refractivity contribution in [3.63, 3.8) is 0 Å². The molecule has 0 unspecified atom stereocenters. The molecule has 2 rings (SSSR count). The minimum atomic E-state index is 0.583. The highest BCUT2D eigenvalue weighted by molar-refractivity contribution is 5.41. The highest BCUT2D eigenvalue weighted by Gasteiger charge is 1.95. The number of aromatic nitrogens is 1. The SMILES string of the molecule is Cc1cccc(NCCOc2ccc(N)cc2)n1. The monoisotopic (exact) mass is 243 g/mol. The third kappa shape index (κ3) is 3.66. The van der Waals surface area contributed by atoms with Crippen molar-refractivity contribution in [2.24, 2.45) is 0 Å². The summed E-state index contributed by atoms with van der Waals surface area (Å²) in [5.74, 6) is 1.69. The number of nitrogen functional groups attached to an aromatic ring is 1. The van der Waals surface area contributed by atoms with Crippen LogP contribution >= 0.6 is 0 Å². The summed E-state index contributed by atoms with van der Waals surface area (Å²) in [7, 11) is 0. The molecule has 0 radical (unpaired) electrons. The van der Waals surface area contributed by atoms with Crippen LogP contribution in [0, 0.1) is 6.92 Å². The van der Waals surface area contributed by atoms with Crippen molar-refractivity contribution in [1.29, 1.82) is 0 Å². The molecule has 0 saturated carbocycles. The molecule has 1 aromatic carbocycles. The van der Waals surface area contributed by atoms with Crippen molar-refractivity contribution in [2.45, 2.75) is 6.92 Å². The molecule has 18 heavy (non-hydrogen) atoms. The summed E-state index contributed by atoms with van der Waals surface area (Å²) in [5, 5.41) is 3.21. The predicted octanol–water partition coefficient (Wildman–Crippen LogP) is 2.46. The van der Waals surface area contributed by atoms with E-state index in [1.54, 1.807) is 0 Å². The quantitative estimate of drug-likeness (QED) is 0.625. The summed E-state index contributed by atoms with van der Waals surface area (Å²) >= 11 is 0. The fourth-order valence-corrected chi connectivity index (χ4v) is 1.55. The Morgan fingerprint density at radius 3 is 2.67 bits per heavy atom. The standard InChI is InChI=1S/C14H17N3O/c1-11-3-2-4-14(17-11)16-9-10-18-13-7-5-12(15)6-8-13/h2-8H,9-10,15H2,1H3,(H,16,17). The van der Waals surface area contributed by atoms with E-state index in [1.165, 1.54) is 0 Å². The predicted molar refractivity (Wildman–Crippen MR) is 73.8 cm³/mol. The average molecular weight is 243 g/mol. The number of hydrogen-bond acceptors (Lipinski definition) is 4. The van der Waals surface area contributed by atoms with Crippen molar-refractivity contribution in [1.82, 2.24) is 4.98 Å². The fraction of sp³-hybridized carbons (Fsp3) is 0.214. The van der Waals surface area contributed by atoms with Gasteiger partial charge < -0.3 is 15.8 Å². The van der Waals surface area contributed by atoms with Crippen LogP contribution in [0.15, 0.2) is 42.5 Å². The summed E-state index contributed by atoms with van der Waals surface area (Å²) in [4.78, 5) is 4.35. The first-order valence-corrected chi connectivity index (χ1v) is 5.90. The molecule has 4 heteroatoms. The Kier molecular flexibility index (Phi) is 4.02. The lowest BCUT2D eigenvalue weighted by Crippen LogP contribution is -2.12. The normalized spacial score (nSPS) is 10.1. The zero-order valence-electron chi connectivity index (χ0n) is 10.4. The number of nitrogens with zero attached hydrogens (tertiary/aromatic N) is 1. The van der Waals surface area contributed by atoms with E-state index >= 15 is 0 Å². The first-order chi connectivity index (χ1) is 8.74. The van der Waals surface area contributed by atoms with Crippen LogP contribution in [0.1, 0.15) is 5.69 Å². The molecule has 0 bridgehead atoms. The van der Waals surface area contributed by atoms with Gasteiger partial charge in [-0.2, -0.15) is 0 Å². The number of anilines is 2. The number of nitrogens with one attached hydrogen (secondary N) is 1. The maximum atomic E-state index is 5.60. The minimum absolute atomic E-state index is 0.583. The first kappa shape index (κ1) is 12.2. The Hall–Kier alpha value is -2.23. The molecule has 0 aliphatic rings. The topological polar surface area (TPSA) is 60.2 Å². The summed E-state index contributed by atoms with van der Waals surface area (Å²) in [6.07, 6.45) is 0. The van der Waals surface area contributed by atoms with Gasteiger partial charge in [0.1, 0.15) is 18.2 Å². The van der Waals surface area contributed by atoms with Gasteiger partial charge in [-0.15, -0.1) is 0 Å². The zero-order chi connectivity index (χ0) is 12.8. The summed E-state index contributed by atoms with van der Waals surface area (Å²) in [6.45, 7) is 3.26. The molecule has 0 atom stereocenters. The van der Waals surface area contributed by atoms with Crippen molar-refractivity contribution in [3.8, 4) is 5.75 Å². The lowest BCUT2D eigenvalue weighted by atomic mass is 10.3. The Morgan fingerprint density at radius 1 is 1.17 bits per heavy atom. The van der Waals surface area contributed by atoms with Crippen molar-refractivity contribution in [2.75, 3.05) is 24.2 Å². The van der Waals surface area contributed by atoms with E-state index in [9.17, 15) is 0 Å². The van der Waals surface area contributed by atoms with Gasteiger partial charge in [-0.25, -0.2) is 4.98 Å². The molecule has 0 saturated heterocycles. The van der Waals surface area contributed by atoms with Crippen LogP contribution in [0.3, 0.4) is 0 Å². The smallest absolute Gasteiger partial charge is 0.126 e. The molecule has 1 aromatic heterocycles. The molecule has 2 aromatic rings. The van der Waals surface area contributed by atoms with Crippen molar-refractivity contribution >= 4 is 11.5 Å². The lowest BCUT2D eigenvalue weighted by Gasteiger charge is -2.08. The molecule has 4 nitrogen and oxygen atoms in total. The highest BCUT2D eigenvalue weighted by atomic mass is 16.5. The van der Waals surface area contributed by atoms with Crippen LogP contribution in [0.5, 0.6) is 5.75 Å². The first-order valence-electron chi connectivity index (χ1n) is 5.90. The van der Waals surface area contributed by atoms with Crippen LogP contribution in [0.2, 0.25) is 0 Å². The molecule has 0 spiro atoms. The number of pyridine rings is 1. The molecule has 3 N–H and O–H groups in total. The van der Waals surface area contributed by atoms with Gasteiger partial charge >= 0.3 is 0 Å². The van der Waals surface area contributed by atoms with Crippen LogP contribution in [0.25, 0.3) is 0 Å². The molecule has 94 valence electrons. The number of benzene rings is 1. The largest absolute Gasteiger partial charge is 0.492 e. The summed E-state index contributed by atoms with van der Waals surface area (Å²) < 4.78 is 5.57. The number of ether oxygens (including phenoxy) is 1. The minimum Gasteiger partial charge on any atom is -0.492 e. The van der Waals surface area contributed by atoms with Crippen molar-refractivity contribution < 1.29 is 4.74 Å². The van der Waals surface area contributed by atoms with E-state index in [2.05, 4.69) is 10.3 Å². The number of aryl methyl sites for hydroxylation is 1. The second-order valence-electron chi connectivity index (χ2n) is 4.01. The van der Waals surface area contributed by atoms with E-state index < -0.39 is 0 Å². The van der Waals surface area contributed by atoms with Crippen LogP contribution < -0.4 is 15.8 Å². The van der Waals surface area contributed by atoms with E-state index in [4.69, 9.17) is 10.5 Å². The summed E-state index contributed by atoms with van der Waals surface area (Å²) in [6, 6.07) is 13.3. The Balaban J connectivity index is 1.74. The fourth-order valence-electron chi connectivity index (χ4n) is 1.55. The molecule has 1 heterocycles. The third-order valence-electron chi connectivity index (χ3n) is 2.45. The van der Waals surface area contributed by atoms with Gasteiger partial charge in [0.15, 0.2) is 0 Å². The number of rotatable bonds is 5. The van der Waals surface area contributed by atoms with Gasteiger partial charge in [-0.05, 0) is 43.3 Å². The number of nitrogens with two attached hydrogens (primary N) is 1. The Bertz CT molecular complexity index is 497. The van der Waals surface area contributed by atoms with Crippen molar-refractivity contribution in [3.05, 3.63) is 48.2 Å². The molecular weight excluding hydrogens is 226 g/mol. The van der Waals surface area contributed by atoms with Gasteiger partial charge in [0.2, 0.25) is 0 Å². The Morgan fingerprint density at radius 2 is 1.94 bits per heavy atom. The molecular formula is C14H17N3O. The highest BCUT2D eigenvalue weighted by Crippen LogP contribution is 2.12. The van der Waals surface area contributed by atoms with Gasteiger partial charge in [0, 0.05) is 11.4 Å². The van der Waals surface area contributed by atoms with Gasteiger partial charge in [0.25, 0.3) is 0 Å². The maximum absolute atomic E-state index is 5.60. The van der Waals surface area contributed by atoms with E-state index in [1.807, 2.05) is 49.4 Å². The molecule has 0 aliphatic heterocycles. The van der Waals surface area contributed by atoms with Crippen LogP contribution in [-0.2, 0) is 0 Å². The molecule has 0 aliphatic carbocycles. The molecule has 0 fully saturated rings.